The summed E-state index contributed by atoms with van der Waals surface area (Å²) in [5.41, 5.74) is 3.13. The van der Waals surface area contributed by atoms with Crippen LogP contribution >= 0.6 is 0 Å². The van der Waals surface area contributed by atoms with Gasteiger partial charge in [-0.25, -0.2) is 0 Å². The van der Waals surface area contributed by atoms with Crippen molar-refractivity contribution < 1.29 is 10.2 Å². The van der Waals surface area contributed by atoms with Crippen LogP contribution < -0.4 is 0 Å². The van der Waals surface area contributed by atoms with Crippen LogP contribution in [0.4, 0.5) is 0 Å². The molecule has 5 nitrogen and oxygen atoms in total. The summed E-state index contributed by atoms with van der Waals surface area (Å²) in [6, 6.07) is 6.24. The van der Waals surface area contributed by atoms with Crippen molar-refractivity contribution in [1.29, 1.82) is 0 Å². The Morgan fingerprint density at radius 3 is 2.91 bits per heavy atom. The van der Waals surface area contributed by atoms with E-state index in [2.05, 4.69) is 14.9 Å². The second-order valence-corrected chi connectivity index (χ2v) is 5.74. The van der Waals surface area contributed by atoms with E-state index < -0.39 is 0 Å². The van der Waals surface area contributed by atoms with Crippen LogP contribution in [0.25, 0.3) is 0 Å². The summed E-state index contributed by atoms with van der Waals surface area (Å²) in [5.74, 6) is 0.193. The highest BCUT2D eigenvalue weighted by atomic mass is 16.3. The number of nitrogens with zero attached hydrogens (tertiary/aromatic N) is 3. The van der Waals surface area contributed by atoms with E-state index in [0.717, 1.165) is 30.6 Å². The van der Waals surface area contributed by atoms with Gasteiger partial charge in [0.05, 0.1) is 24.0 Å². The molecule has 2 N–H and O–H groups in total. The minimum Gasteiger partial charge on any atom is -0.506 e. The van der Waals surface area contributed by atoms with Crippen molar-refractivity contribution in [3.8, 4) is 5.75 Å². The van der Waals surface area contributed by atoms with Crippen LogP contribution in [0.5, 0.6) is 5.75 Å². The Morgan fingerprint density at radius 1 is 1.32 bits per heavy atom. The van der Waals surface area contributed by atoms with Gasteiger partial charge in [0.1, 0.15) is 5.75 Å². The van der Waals surface area contributed by atoms with Crippen molar-refractivity contribution >= 4 is 0 Å². The molecule has 116 valence electrons. The molecule has 3 rings (SSSR count). The van der Waals surface area contributed by atoms with Crippen molar-refractivity contribution in [2.24, 2.45) is 0 Å². The van der Waals surface area contributed by atoms with Gasteiger partial charge in [-0.3, -0.25) is 14.9 Å². The standard InChI is InChI=1S/C17H21N3O2/c1-12-17(22)14(13(11-21)9-19-12)10-20-8-4-6-16(20)15-5-2-3-7-18-15/h2-3,5,7,9,16,21-22H,4,6,8,10-11H2,1H3/t16-/m0/s1. The molecule has 5 heteroatoms. The second kappa shape index (κ2) is 6.42. The number of aryl methyl sites for hydroxylation is 1. The van der Waals surface area contributed by atoms with Crippen LogP contribution in [-0.4, -0.2) is 31.6 Å². The lowest BCUT2D eigenvalue weighted by molar-refractivity contribution is 0.234. The highest BCUT2D eigenvalue weighted by Gasteiger charge is 2.28. The van der Waals surface area contributed by atoms with E-state index in [1.54, 1.807) is 13.1 Å². The van der Waals surface area contributed by atoms with E-state index in [0.29, 0.717) is 17.8 Å². The van der Waals surface area contributed by atoms with E-state index in [1.807, 2.05) is 24.4 Å². The molecular formula is C17H21N3O2. The number of aliphatic hydroxyl groups excluding tert-OH is 1. The Bertz CT molecular complexity index is 646. The number of hydrogen-bond donors (Lipinski definition) is 2. The fraction of sp³-hybridized carbons (Fsp3) is 0.412. The predicted octanol–water partition coefficient (Wildman–Crippen LogP) is 2.32. The number of likely N-dealkylation sites (tertiary alicyclic amines) is 1. The number of pyridine rings is 2. The monoisotopic (exact) mass is 299 g/mol. The minimum atomic E-state index is -0.113. The molecule has 2 aromatic heterocycles. The molecule has 0 spiro atoms. The molecule has 0 bridgehead atoms. The summed E-state index contributed by atoms with van der Waals surface area (Å²) in [5, 5.41) is 19.8. The first kappa shape index (κ1) is 14.9. The maximum atomic E-state index is 10.3. The van der Waals surface area contributed by atoms with Crippen LogP contribution in [0, 0.1) is 6.92 Å². The average Bonchev–Trinajstić information content (AvgIpc) is 3.01. The molecule has 0 radical (unpaired) electrons. The molecule has 1 aliphatic rings. The zero-order valence-electron chi connectivity index (χ0n) is 12.7. The molecule has 0 aliphatic carbocycles. The van der Waals surface area contributed by atoms with E-state index in [4.69, 9.17) is 0 Å². The summed E-state index contributed by atoms with van der Waals surface area (Å²) in [6.07, 6.45) is 5.64. The SMILES string of the molecule is Cc1ncc(CO)c(CN2CCC[C@H]2c2ccccn2)c1O. The van der Waals surface area contributed by atoms with Gasteiger partial charge in [-0.15, -0.1) is 0 Å². The van der Waals surface area contributed by atoms with Gasteiger partial charge in [-0.1, -0.05) is 6.07 Å². The van der Waals surface area contributed by atoms with Crippen LogP contribution in [0.3, 0.4) is 0 Å². The normalized spacial score (nSPS) is 18.7. The van der Waals surface area contributed by atoms with E-state index in [-0.39, 0.29) is 18.4 Å². The lowest BCUT2D eigenvalue weighted by Gasteiger charge is -2.25. The molecule has 0 saturated carbocycles. The number of aliphatic hydroxyl groups is 1. The topological polar surface area (TPSA) is 69.5 Å². The maximum absolute atomic E-state index is 10.3. The fourth-order valence-corrected chi connectivity index (χ4v) is 3.12. The van der Waals surface area contributed by atoms with Gasteiger partial charge in [0.2, 0.25) is 0 Å². The summed E-state index contributed by atoms with van der Waals surface area (Å²) in [6.45, 7) is 3.23. The first-order valence-corrected chi connectivity index (χ1v) is 7.63. The third-order valence-electron chi connectivity index (χ3n) is 4.35. The Kier molecular flexibility index (Phi) is 4.36. The predicted molar refractivity (Wildman–Crippen MR) is 83.2 cm³/mol. The second-order valence-electron chi connectivity index (χ2n) is 5.74. The van der Waals surface area contributed by atoms with Crippen LogP contribution in [-0.2, 0) is 13.2 Å². The molecule has 0 aromatic carbocycles. The third kappa shape index (κ3) is 2.82. The zero-order chi connectivity index (χ0) is 15.5. The van der Waals surface area contributed by atoms with Crippen LogP contribution in [0.15, 0.2) is 30.6 Å². The molecule has 3 heterocycles. The van der Waals surface area contributed by atoms with Crippen LogP contribution in [0.2, 0.25) is 0 Å². The summed E-state index contributed by atoms with van der Waals surface area (Å²) in [7, 11) is 0. The van der Waals surface area contributed by atoms with Crippen molar-refractivity contribution in [2.75, 3.05) is 6.54 Å². The lowest BCUT2D eigenvalue weighted by atomic mass is 10.1. The van der Waals surface area contributed by atoms with E-state index >= 15 is 0 Å². The lowest BCUT2D eigenvalue weighted by Crippen LogP contribution is -2.24. The third-order valence-corrected chi connectivity index (χ3v) is 4.35. The summed E-state index contributed by atoms with van der Waals surface area (Å²) in [4.78, 5) is 10.9. The first-order valence-electron chi connectivity index (χ1n) is 7.63. The molecule has 1 aliphatic heterocycles. The Hall–Kier alpha value is -1.98. The summed E-state index contributed by atoms with van der Waals surface area (Å²) >= 11 is 0. The number of aromatic nitrogens is 2. The summed E-state index contributed by atoms with van der Waals surface area (Å²) < 4.78 is 0. The molecule has 22 heavy (non-hydrogen) atoms. The Labute approximate surface area is 130 Å². The average molecular weight is 299 g/mol. The molecule has 2 aromatic rings. The smallest absolute Gasteiger partial charge is 0.141 e. The van der Waals surface area contributed by atoms with E-state index in [1.165, 1.54) is 0 Å². The number of hydrogen-bond acceptors (Lipinski definition) is 5. The number of rotatable bonds is 4. The highest BCUT2D eigenvalue weighted by Crippen LogP contribution is 2.34. The van der Waals surface area contributed by atoms with Crippen LogP contribution in [0.1, 0.15) is 41.4 Å². The van der Waals surface area contributed by atoms with Crippen molar-refractivity contribution in [2.45, 2.75) is 39.0 Å². The van der Waals surface area contributed by atoms with Gasteiger partial charge in [0.15, 0.2) is 0 Å². The van der Waals surface area contributed by atoms with Gasteiger partial charge >= 0.3 is 0 Å². The van der Waals surface area contributed by atoms with E-state index in [9.17, 15) is 10.2 Å². The Morgan fingerprint density at radius 2 is 2.18 bits per heavy atom. The minimum absolute atomic E-state index is 0.113. The van der Waals surface area contributed by atoms with Crippen molar-refractivity contribution in [1.82, 2.24) is 14.9 Å². The Balaban J connectivity index is 1.88. The largest absolute Gasteiger partial charge is 0.506 e. The van der Waals surface area contributed by atoms with Gasteiger partial charge in [-0.05, 0) is 38.4 Å². The molecule has 0 unspecified atom stereocenters. The quantitative estimate of drug-likeness (QED) is 0.906. The first-order chi connectivity index (χ1) is 10.7. The molecule has 1 fully saturated rings. The molecule has 1 atom stereocenters. The number of aromatic hydroxyl groups is 1. The zero-order valence-corrected chi connectivity index (χ0v) is 12.7. The fourth-order valence-electron chi connectivity index (χ4n) is 3.12. The molecular weight excluding hydrogens is 278 g/mol. The van der Waals surface area contributed by atoms with Gasteiger partial charge in [-0.2, -0.15) is 0 Å². The molecule has 1 saturated heterocycles. The van der Waals surface area contributed by atoms with Gasteiger partial charge in [0, 0.05) is 30.1 Å². The molecule has 0 amide bonds. The van der Waals surface area contributed by atoms with Gasteiger partial charge in [0.25, 0.3) is 0 Å². The van der Waals surface area contributed by atoms with Crippen molar-refractivity contribution in [3.63, 3.8) is 0 Å². The van der Waals surface area contributed by atoms with Crippen molar-refractivity contribution in [3.05, 3.63) is 53.1 Å². The maximum Gasteiger partial charge on any atom is 0.141 e. The highest BCUT2D eigenvalue weighted by molar-refractivity contribution is 5.40. The van der Waals surface area contributed by atoms with Gasteiger partial charge < -0.3 is 10.2 Å².